The highest BCUT2D eigenvalue weighted by Gasteiger charge is 2.28. The fourth-order valence-electron chi connectivity index (χ4n) is 4.02. The lowest BCUT2D eigenvalue weighted by atomic mass is 10.1. The minimum atomic E-state index is -3.27. The Morgan fingerprint density at radius 3 is 2.39 bits per heavy atom. The van der Waals surface area contributed by atoms with Crippen LogP contribution in [0.15, 0.2) is 42.5 Å². The van der Waals surface area contributed by atoms with Crippen molar-refractivity contribution >= 4 is 27.3 Å². The molecule has 2 aliphatic heterocycles. The van der Waals surface area contributed by atoms with Gasteiger partial charge in [-0.1, -0.05) is 12.1 Å². The predicted molar refractivity (Wildman–Crippen MR) is 112 cm³/mol. The molecule has 0 spiro atoms. The average Bonchev–Trinajstić information content (AvgIpc) is 3.11. The molecule has 0 N–H and O–H groups in total. The summed E-state index contributed by atoms with van der Waals surface area (Å²) >= 11 is 0. The van der Waals surface area contributed by atoms with Crippen LogP contribution in [-0.2, 0) is 16.4 Å². The number of amides is 1. The molecule has 2 aromatic carbocycles. The summed E-state index contributed by atoms with van der Waals surface area (Å²) in [6, 6.07) is 13.8. The number of rotatable bonds is 3. The molecule has 0 radical (unpaired) electrons. The van der Waals surface area contributed by atoms with Gasteiger partial charge >= 0.3 is 0 Å². The molecule has 1 fully saturated rings. The van der Waals surface area contributed by atoms with Crippen LogP contribution in [0.5, 0.6) is 0 Å². The van der Waals surface area contributed by atoms with Crippen molar-refractivity contribution in [2.24, 2.45) is 0 Å². The summed E-state index contributed by atoms with van der Waals surface area (Å²) in [7, 11) is -3.27. The van der Waals surface area contributed by atoms with E-state index in [1.807, 2.05) is 11.0 Å². The van der Waals surface area contributed by atoms with Gasteiger partial charge in [-0.2, -0.15) is 0 Å². The van der Waals surface area contributed by atoms with Crippen LogP contribution in [0.4, 0.5) is 11.4 Å². The summed E-state index contributed by atoms with van der Waals surface area (Å²) in [5.74, 6) is 0.0181. The van der Waals surface area contributed by atoms with E-state index < -0.39 is 10.0 Å². The number of hydrogen-bond donors (Lipinski definition) is 0. The number of anilines is 2. The normalized spacial score (nSPS) is 17.0. The Balaban J connectivity index is 1.45. The topological polar surface area (TPSA) is 60.9 Å². The predicted octanol–water partition coefficient (Wildman–Crippen LogP) is 2.28. The van der Waals surface area contributed by atoms with Gasteiger partial charge in [0.1, 0.15) is 0 Å². The third kappa shape index (κ3) is 3.58. The van der Waals surface area contributed by atoms with E-state index in [2.05, 4.69) is 36.1 Å². The van der Waals surface area contributed by atoms with Crippen molar-refractivity contribution in [3.05, 3.63) is 59.2 Å². The molecule has 2 heterocycles. The first-order chi connectivity index (χ1) is 13.3. The molecule has 1 amide bonds. The molecule has 148 valence electrons. The number of sulfonamides is 1. The maximum Gasteiger partial charge on any atom is 0.253 e. The monoisotopic (exact) mass is 399 g/mol. The second-order valence-electron chi connectivity index (χ2n) is 7.55. The Hall–Kier alpha value is -2.54. The van der Waals surface area contributed by atoms with Gasteiger partial charge in [-0.3, -0.25) is 9.10 Å². The van der Waals surface area contributed by atoms with Gasteiger partial charge in [0, 0.05) is 44.0 Å². The van der Waals surface area contributed by atoms with Crippen molar-refractivity contribution in [3.8, 4) is 0 Å². The molecular formula is C21H25N3O3S. The molecule has 4 rings (SSSR count). The molecule has 0 bridgehead atoms. The molecule has 6 nitrogen and oxygen atoms in total. The molecule has 0 atom stereocenters. The van der Waals surface area contributed by atoms with Gasteiger partial charge in [0.15, 0.2) is 0 Å². The molecule has 0 aromatic heterocycles. The number of carbonyl (C=O) groups is 1. The Kier molecular flexibility index (Phi) is 4.79. The van der Waals surface area contributed by atoms with Crippen molar-refractivity contribution in [1.29, 1.82) is 0 Å². The largest absolute Gasteiger partial charge is 0.368 e. The van der Waals surface area contributed by atoms with Gasteiger partial charge in [0.2, 0.25) is 10.0 Å². The van der Waals surface area contributed by atoms with E-state index in [1.165, 1.54) is 21.8 Å². The Morgan fingerprint density at radius 2 is 1.71 bits per heavy atom. The number of fused-ring (bicyclic) bond motifs is 1. The third-order valence-corrected chi connectivity index (χ3v) is 6.69. The van der Waals surface area contributed by atoms with E-state index in [4.69, 9.17) is 0 Å². The maximum atomic E-state index is 13.0. The Bertz CT molecular complexity index is 1010. The van der Waals surface area contributed by atoms with Crippen LogP contribution < -0.4 is 9.21 Å². The lowest BCUT2D eigenvalue weighted by molar-refractivity contribution is 0.0746. The van der Waals surface area contributed by atoms with E-state index in [1.54, 1.807) is 12.1 Å². The minimum Gasteiger partial charge on any atom is -0.368 e. The fraction of sp³-hybridized carbons (Fsp3) is 0.381. The van der Waals surface area contributed by atoms with Gasteiger partial charge < -0.3 is 9.80 Å². The van der Waals surface area contributed by atoms with Crippen LogP contribution >= 0.6 is 0 Å². The molecule has 2 aromatic rings. The quantitative estimate of drug-likeness (QED) is 0.795. The molecule has 0 unspecified atom stereocenters. The van der Waals surface area contributed by atoms with E-state index in [0.29, 0.717) is 37.3 Å². The molecule has 0 aliphatic carbocycles. The first kappa shape index (κ1) is 18.8. The molecular weight excluding hydrogens is 374 g/mol. The van der Waals surface area contributed by atoms with Crippen LogP contribution in [0.2, 0.25) is 0 Å². The second-order valence-corrected chi connectivity index (χ2v) is 9.45. The van der Waals surface area contributed by atoms with Crippen molar-refractivity contribution in [3.63, 3.8) is 0 Å². The van der Waals surface area contributed by atoms with Gasteiger partial charge in [0.05, 0.1) is 11.9 Å². The first-order valence-corrected chi connectivity index (χ1v) is 11.4. The Labute approximate surface area is 166 Å². The highest BCUT2D eigenvalue weighted by Crippen LogP contribution is 2.31. The summed E-state index contributed by atoms with van der Waals surface area (Å²) < 4.78 is 25.2. The third-order valence-electron chi connectivity index (χ3n) is 5.51. The molecule has 28 heavy (non-hydrogen) atoms. The Morgan fingerprint density at radius 1 is 0.964 bits per heavy atom. The lowest BCUT2D eigenvalue weighted by Crippen LogP contribution is -2.48. The van der Waals surface area contributed by atoms with Gasteiger partial charge in [-0.25, -0.2) is 8.42 Å². The SMILES string of the molecule is Cc1cccc(N2CCN(C(=O)c3ccc4c(c3)CCN4S(C)(=O)=O)CC2)c1. The van der Waals surface area contributed by atoms with Crippen LogP contribution in [0.1, 0.15) is 21.5 Å². The zero-order valence-electron chi connectivity index (χ0n) is 16.3. The van der Waals surface area contributed by atoms with E-state index in [9.17, 15) is 13.2 Å². The standard InChI is InChI=1S/C21H25N3O3S/c1-16-4-3-5-19(14-16)22-10-12-23(13-11-22)21(25)18-6-7-20-17(15-18)8-9-24(20)28(2,26)27/h3-7,14-15H,8-13H2,1-2H3. The summed E-state index contributed by atoms with van der Waals surface area (Å²) in [6.07, 6.45) is 1.86. The number of aryl methyl sites for hydroxylation is 1. The van der Waals surface area contributed by atoms with Gasteiger partial charge in [-0.05, 0) is 54.8 Å². The van der Waals surface area contributed by atoms with Crippen LogP contribution in [0.25, 0.3) is 0 Å². The number of piperazine rings is 1. The number of hydrogen-bond acceptors (Lipinski definition) is 4. The molecule has 2 aliphatic rings. The van der Waals surface area contributed by atoms with E-state index >= 15 is 0 Å². The summed E-state index contributed by atoms with van der Waals surface area (Å²) in [6.45, 7) is 5.51. The first-order valence-electron chi connectivity index (χ1n) is 9.54. The van der Waals surface area contributed by atoms with E-state index in [0.717, 1.165) is 18.7 Å². The van der Waals surface area contributed by atoms with Crippen molar-refractivity contribution in [2.45, 2.75) is 13.3 Å². The zero-order chi connectivity index (χ0) is 19.9. The maximum absolute atomic E-state index is 13.0. The summed E-state index contributed by atoms with van der Waals surface area (Å²) in [5, 5.41) is 0. The highest BCUT2D eigenvalue weighted by atomic mass is 32.2. The van der Waals surface area contributed by atoms with Crippen molar-refractivity contribution in [1.82, 2.24) is 4.90 Å². The summed E-state index contributed by atoms with van der Waals surface area (Å²) in [4.78, 5) is 17.1. The minimum absolute atomic E-state index is 0.0181. The fourth-order valence-corrected chi connectivity index (χ4v) is 4.98. The van der Waals surface area contributed by atoms with Crippen molar-refractivity contribution in [2.75, 3.05) is 48.2 Å². The number of nitrogens with zero attached hydrogens (tertiary/aromatic N) is 3. The van der Waals surface area contributed by atoms with Crippen LogP contribution in [0.3, 0.4) is 0 Å². The number of benzene rings is 2. The molecule has 0 saturated carbocycles. The van der Waals surface area contributed by atoms with Gasteiger partial charge in [-0.15, -0.1) is 0 Å². The number of carbonyl (C=O) groups excluding carboxylic acids is 1. The molecule has 1 saturated heterocycles. The van der Waals surface area contributed by atoms with E-state index in [-0.39, 0.29) is 5.91 Å². The smallest absolute Gasteiger partial charge is 0.253 e. The van der Waals surface area contributed by atoms with Crippen LogP contribution in [0, 0.1) is 6.92 Å². The van der Waals surface area contributed by atoms with Crippen molar-refractivity contribution < 1.29 is 13.2 Å². The summed E-state index contributed by atoms with van der Waals surface area (Å²) in [5.41, 5.74) is 4.69. The zero-order valence-corrected chi connectivity index (χ0v) is 17.1. The highest BCUT2D eigenvalue weighted by molar-refractivity contribution is 7.92. The molecule has 7 heteroatoms. The van der Waals surface area contributed by atoms with Gasteiger partial charge in [0.25, 0.3) is 5.91 Å². The lowest BCUT2D eigenvalue weighted by Gasteiger charge is -2.36. The average molecular weight is 400 g/mol. The second kappa shape index (κ2) is 7.13. The van der Waals surface area contributed by atoms with Crippen LogP contribution in [-0.4, -0.2) is 58.2 Å².